The Morgan fingerprint density at radius 3 is 0.747 bits per heavy atom. The normalized spacial score (nSPS) is 12.8. The smallest absolute Gasteiger partial charge is 0.306 e. The molecule has 0 heterocycles. The zero-order valence-corrected chi connectivity index (χ0v) is 54.7. The lowest BCUT2D eigenvalue weighted by molar-refractivity contribution is -0.167. The van der Waals surface area contributed by atoms with Crippen molar-refractivity contribution >= 4 is 17.9 Å². The standard InChI is InChI=1S/C77H132O6/c1-4-7-10-13-16-19-22-25-28-30-32-34-35-36-37-38-39-40-41-43-44-46-49-52-55-58-61-64-67-70-76(79)82-73-74(72-81-75(78)69-66-63-60-57-54-51-48-27-24-21-18-15-12-9-6-3)83-77(80)71-68-65-62-59-56-53-50-47-45-42-33-31-29-26-23-20-17-14-11-8-5-2/h7,9-10,12,16,18-19,21,25,27-28,31-34,36-37,48,74H,4-6,8,11,13-15,17,20,22-24,26,29-30,35,38-47,49-73H2,1-3H3/b10-7-,12-9-,19-16-,21-18-,28-25-,33-31-,34-32-,37-36-,48-27-. The van der Waals surface area contributed by atoms with E-state index < -0.39 is 6.10 Å². The number of allylic oxidation sites excluding steroid dienone is 18. The number of esters is 3. The summed E-state index contributed by atoms with van der Waals surface area (Å²) in [5, 5.41) is 0. The monoisotopic (exact) mass is 1150 g/mol. The van der Waals surface area contributed by atoms with Gasteiger partial charge in [-0.3, -0.25) is 14.4 Å². The maximum atomic E-state index is 13.0. The van der Waals surface area contributed by atoms with E-state index in [0.717, 1.165) is 128 Å². The Hall–Kier alpha value is -3.93. The van der Waals surface area contributed by atoms with E-state index in [-0.39, 0.29) is 31.1 Å². The molecular weight excluding hydrogens is 1020 g/mol. The van der Waals surface area contributed by atoms with Crippen LogP contribution in [0, 0.1) is 0 Å². The maximum Gasteiger partial charge on any atom is 0.306 e. The molecule has 6 heteroatoms. The Bertz CT molecular complexity index is 1660. The molecule has 0 spiro atoms. The molecule has 0 aliphatic rings. The minimum absolute atomic E-state index is 0.0837. The summed E-state index contributed by atoms with van der Waals surface area (Å²) in [6.07, 6.45) is 96.8. The number of ether oxygens (including phenoxy) is 3. The van der Waals surface area contributed by atoms with E-state index in [1.807, 2.05) is 0 Å². The van der Waals surface area contributed by atoms with E-state index in [0.29, 0.717) is 19.3 Å². The molecule has 0 aliphatic heterocycles. The number of rotatable bonds is 64. The molecule has 0 rings (SSSR count). The van der Waals surface area contributed by atoms with Gasteiger partial charge in [0.15, 0.2) is 6.10 Å². The fourth-order valence-corrected chi connectivity index (χ4v) is 10.0. The molecule has 0 bridgehead atoms. The molecule has 0 radical (unpaired) electrons. The summed E-state index contributed by atoms with van der Waals surface area (Å²) in [5.41, 5.74) is 0. The SMILES string of the molecule is CC/C=C\C/C=C\C/C=C\C/C=C\C/C=C\CCCCCCCCCCCCCCCC(=O)OCC(COC(=O)CCCCCCC/C=C\C/C=C\C/C=C\CC)OC(=O)CCCCCCCCCCC/C=C\CCCCCCCCCC. The fourth-order valence-electron chi connectivity index (χ4n) is 10.0. The molecule has 0 N–H and O–H groups in total. The topological polar surface area (TPSA) is 78.9 Å². The molecule has 0 amide bonds. The van der Waals surface area contributed by atoms with Crippen molar-refractivity contribution in [3.63, 3.8) is 0 Å². The maximum absolute atomic E-state index is 13.0. The van der Waals surface area contributed by atoms with E-state index in [9.17, 15) is 14.4 Å². The van der Waals surface area contributed by atoms with Gasteiger partial charge in [0.05, 0.1) is 0 Å². The molecule has 0 aliphatic carbocycles. The Kier molecular flexibility index (Phi) is 67.2. The first-order chi connectivity index (χ1) is 41.0. The lowest BCUT2D eigenvalue weighted by atomic mass is 10.0. The molecular formula is C77H132O6. The van der Waals surface area contributed by atoms with Crippen LogP contribution in [0.4, 0.5) is 0 Å². The van der Waals surface area contributed by atoms with Crippen LogP contribution >= 0.6 is 0 Å². The highest BCUT2D eigenvalue weighted by Crippen LogP contribution is 2.17. The number of carbonyl (C=O) groups is 3. The Morgan fingerprint density at radius 2 is 0.470 bits per heavy atom. The average molecular weight is 1150 g/mol. The second-order valence-corrected chi connectivity index (χ2v) is 23.4. The van der Waals surface area contributed by atoms with Gasteiger partial charge in [0.2, 0.25) is 0 Å². The lowest BCUT2D eigenvalue weighted by Crippen LogP contribution is -2.30. The number of hydrogen-bond acceptors (Lipinski definition) is 6. The third kappa shape index (κ3) is 68.7. The van der Waals surface area contributed by atoms with Crippen molar-refractivity contribution in [3.05, 3.63) is 109 Å². The number of hydrogen-bond donors (Lipinski definition) is 0. The average Bonchev–Trinajstić information content (AvgIpc) is 3.49. The summed E-state index contributed by atoms with van der Waals surface area (Å²) < 4.78 is 17.0. The quantitative estimate of drug-likeness (QED) is 0.0261. The van der Waals surface area contributed by atoms with Crippen LogP contribution in [0.5, 0.6) is 0 Å². The third-order valence-electron chi connectivity index (χ3n) is 15.2. The van der Waals surface area contributed by atoms with Gasteiger partial charge in [-0.2, -0.15) is 0 Å². The van der Waals surface area contributed by atoms with Crippen molar-refractivity contribution in [1.82, 2.24) is 0 Å². The Balaban J connectivity index is 4.31. The van der Waals surface area contributed by atoms with Gasteiger partial charge in [-0.05, 0) is 122 Å². The molecule has 1 unspecified atom stereocenters. The van der Waals surface area contributed by atoms with Crippen molar-refractivity contribution in [2.45, 2.75) is 348 Å². The molecule has 83 heavy (non-hydrogen) atoms. The van der Waals surface area contributed by atoms with Gasteiger partial charge in [0.25, 0.3) is 0 Å². The summed E-state index contributed by atoms with van der Waals surface area (Å²) in [4.78, 5) is 38.5. The summed E-state index contributed by atoms with van der Waals surface area (Å²) in [6, 6.07) is 0. The van der Waals surface area contributed by atoms with E-state index in [1.54, 1.807) is 0 Å². The van der Waals surface area contributed by atoms with Crippen LogP contribution in [0.1, 0.15) is 342 Å². The second-order valence-electron chi connectivity index (χ2n) is 23.4. The minimum atomic E-state index is -0.789. The Morgan fingerprint density at radius 1 is 0.253 bits per heavy atom. The van der Waals surface area contributed by atoms with Crippen LogP contribution in [0.25, 0.3) is 0 Å². The molecule has 1 atom stereocenters. The van der Waals surface area contributed by atoms with E-state index in [4.69, 9.17) is 14.2 Å². The first kappa shape index (κ1) is 79.1. The molecule has 0 aromatic heterocycles. The molecule has 0 aromatic rings. The van der Waals surface area contributed by atoms with Crippen molar-refractivity contribution < 1.29 is 28.6 Å². The van der Waals surface area contributed by atoms with E-state index >= 15 is 0 Å². The minimum Gasteiger partial charge on any atom is -0.462 e. The van der Waals surface area contributed by atoms with Crippen LogP contribution in [0.15, 0.2) is 109 Å². The van der Waals surface area contributed by atoms with Gasteiger partial charge in [-0.1, -0.05) is 310 Å². The number of carbonyl (C=O) groups excluding carboxylic acids is 3. The van der Waals surface area contributed by atoms with Crippen molar-refractivity contribution in [3.8, 4) is 0 Å². The predicted octanol–water partition coefficient (Wildman–Crippen LogP) is 24.6. The van der Waals surface area contributed by atoms with Gasteiger partial charge in [0.1, 0.15) is 13.2 Å². The second kappa shape index (κ2) is 70.6. The highest BCUT2D eigenvalue weighted by molar-refractivity contribution is 5.71. The summed E-state index contributed by atoms with van der Waals surface area (Å²) in [5.74, 6) is -0.890. The van der Waals surface area contributed by atoms with Gasteiger partial charge in [-0.25, -0.2) is 0 Å². The van der Waals surface area contributed by atoms with Gasteiger partial charge in [0, 0.05) is 19.3 Å². The van der Waals surface area contributed by atoms with Gasteiger partial charge < -0.3 is 14.2 Å². The third-order valence-corrected chi connectivity index (χ3v) is 15.2. The number of unbranched alkanes of at least 4 members (excludes halogenated alkanes) is 35. The fraction of sp³-hybridized carbons (Fsp3) is 0.727. The van der Waals surface area contributed by atoms with E-state index in [2.05, 4.69) is 130 Å². The zero-order valence-electron chi connectivity index (χ0n) is 54.7. The van der Waals surface area contributed by atoms with Crippen molar-refractivity contribution in [1.29, 1.82) is 0 Å². The van der Waals surface area contributed by atoms with Gasteiger partial charge in [-0.15, -0.1) is 0 Å². The van der Waals surface area contributed by atoms with Crippen molar-refractivity contribution in [2.24, 2.45) is 0 Å². The molecule has 0 aromatic carbocycles. The summed E-state index contributed by atoms with van der Waals surface area (Å²) >= 11 is 0. The van der Waals surface area contributed by atoms with Crippen LogP contribution in [-0.4, -0.2) is 37.2 Å². The van der Waals surface area contributed by atoms with E-state index in [1.165, 1.54) is 173 Å². The molecule has 0 saturated heterocycles. The predicted molar refractivity (Wildman–Crippen MR) is 362 cm³/mol. The van der Waals surface area contributed by atoms with Crippen LogP contribution in [-0.2, 0) is 28.6 Å². The highest BCUT2D eigenvalue weighted by atomic mass is 16.6. The molecule has 6 nitrogen and oxygen atoms in total. The van der Waals surface area contributed by atoms with Crippen molar-refractivity contribution in [2.75, 3.05) is 13.2 Å². The first-order valence-electron chi connectivity index (χ1n) is 35.4. The molecule has 0 fully saturated rings. The van der Waals surface area contributed by atoms with Gasteiger partial charge >= 0.3 is 17.9 Å². The molecule has 0 saturated carbocycles. The van der Waals surface area contributed by atoms with Crippen LogP contribution in [0.2, 0.25) is 0 Å². The first-order valence-corrected chi connectivity index (χ1v) is 35.4. The summed E-state index contributed by atoms with van der Waals surface area (Å²) in [7, 11) is 0. The zero-order chi connectivity index (χ0) is 59.9. The largest absolute Gasteiger partial charge is 0.462 e. The van der Waals surface area contributed by atoms with Crippen LogP contribution < -0.4 is 0 Å². The Labute approximate surface area is 514 Å². The molecule has 476 valence electrons. The van der Waals surface area contributed by atoms with Crippen LogP contribution in [0.3, 0.4) is 0 Å². The highest BCUT2D eigenvalue weighted by Gasteiger charge is 2.19. The lowest BCUT2D eigenvalue weighted by Gasteiger charge is -2.18. The summed E-state index contributed by atoms with van der Waals surface area (Å²) in [6.45, 7) is 6.44.